The molecule has 2 atom stereocenters. The summed E-state index contributed by atoms with van der Waals surface area (Å²) in [4.78, 5) is 2.32. The highest BCUT2D eigenvalue weighted by atomic mass is 16.3. The quantitative estimate of drug-likeness (QED) is 0.803. The molecule has 0 aliphatic heterocycles. The Labute approximate surface area is 115 Å². The summed E-state index contributed by atoms with van der Waals surface area (Å²) in [5, 5.41) is 13.6. The summed E-state index contributed by atoms with van der Waals surface area (Å²) < 4.78 is 1.83. The van der Waals surface area contributed by atoms with Gasteiger partial charge in [0.15, 0.2) is 0 Å². The van der Waals surface area contributed by atoms with Gasteiger partial charge in [-0.1, -0.05) is 6.92 Å². The summed E-state index contributed by atoms with van der Waals surface area (Å²) in [6.07, 6.45) is 6.65. The number of rotatable bonds is 6. The van der Waals surface area contributed by atoms with Crippen LogP contribution in [0.25, 0.3) is 0 Å². The lowest BCUT2D eigenvalue weighted by molar-refractivity contribution is 0.0197. The summed E-state index contributed by atoms with van der Waals surface area (Å²) in [6.45, 7) is 3.11. The molecule has 5 heteroatoms. The zero-order valence-electron chi connectivity index (χ0n) is 12.2. The van der Waals surface area contributed by atoms with E-state index in [9.17, 15) is 5.11 Å². The van der Waals surface area contributed by atoms with Gasteiger partial charge in [0.1, 0.15) is 0 Å². The SMILES string of the molecule is CCC(N)C(c1cnn(C)c1)N(C)CC1CC(O)C1. The maximum Gasteiger partial charge on any atom is 0.0546 e. The van der Waals surface area contributed by atoms with E-state index >= 15 is 0 Å². The van der Waals surface area contributed by atoms with Gasteiger partial charge in [0.2, 0.25) is 0 Å². The molecule has 1 saturated carbocycles. The third kappa shape index (κ3) is 3.35. The van der Waals surface area contributed by atoms with E-state index in [1.54, 1.807) is 0 Å². The predicted octanol–water partition coefficient (Wildman–Crippen LogP) is 0.901. The number of aryl methyl sites for hydroxylation is 1. The van der Waals surface area contributed by atoms with Crippen LogP contribution in [0.2, 0.25) is 0 Å². The molecule has 2 unspecified atom stereocenters. The highest BCUT2D eigenvalue weighted by molar-refractivity contribution is 5.13. The Morgan fingerprint density at radius 3 is 2.74 bits per heavy atom. The van der Waals surface area contributed by atoms with E-state index in [0.29, 0.717) is 5.92 Å². The fourth-order valence-electron chi connectivity index (χ4n) is 3.02. The van der Waals surface area contributed by atoms with Crippen LogP contribution in [0.1, 0.15) is 37.8 Å². The van der Waals surface area contributed by atoms with Gasteiger partial charge in [0, 0.05) is 31.4 Å². The van der Waals surface area contributed by atoms with E-state index in [1.165, 1.54) is 5.56 Å². The van der Waals surface area contributed by atoms with E-state index < -0.39 is 0 Å². The highest BCUT2D eigenvalue weighted by Crippen LogP contribution is 2.31. The molecule has 1 fully saturated rings. The van der Waals surface area contributed by atoms with Crippen molar-refractivity contribution in [3.8, 4) is 0 Å². The molecule has 0 bridgehead atoms. The number of hydrogen-bond acceptors (Lipinski definition) is 4. The molecule has 2 rings (SSSR count). The molecule has 108 valence electrons. The average molecular weight is 266 g/mol. The monoisotopic (exact) mass is 266 g/mol. The zero-order valence-corrected chi connectivity index (χ0v) is 12.2. The van der Waals surface area contributed by atoms with Crippen molar-refractivity contribution in [3.05, 3.63) is 18.0 Å². The van der Waals surface area contributed by atoms with Gasteiger partial charge in [0.25, 0.3) is 0 Å². The van der Waals surface area contributed by atoms with Crippen LogP contribution in [0, 0.1) is 5.92 Å². The Morgan fingerprint density at radius 1 is 1.58 bits per heavy atom. The number of nitrogens with zero attached hydrogens (tertiary/aromatic N) is 3. The number of aliphatic hydroxyl groups excluding tert-OH is 1. The van der Waals surface area contributed by atoms with Crippen molar-refractivity contribution < 1.29 is 5.11 Å². The first-order valence-corrected chi connectivity index (χ1v) is 7.13. The van der Waals surface area contributed by atoms with E-state index in [-0.39, 0.29) is 18.2 Å². The fraction of sp³-hybridized carbons (Fsp3) is 0.786. The van der Waals surface area contributed by atoms with E-state index in [2.05, 4.69) is 24.0 Å². The van der Waals surface area contributed by atoms with Crippen LogP contribution < -0.4 is 5.73 Å². The molecule has 0 radical (unpaired) electrons. The standard InChI is InChI=1S/C14H26N4O/c1-4-13(15)14(11-7-16-18(3)9-11)17(2)8-10-5-12(19)6-10/h7,9-10,12-14,19H,4-6,8,15H2,1-3H3. The van der Waals surface area contributed by atoms with Crippen LogP contribution in [-0.2, 0) is 7.05 Å². The second kappa shape index (κ2) is 6.03. The van der Waals surface area contributed by atoms with E-state index in [0.717, 1.165) is 25.8 Å². The molecule has 5 nitrogen and oxygen atoms in total. The first kappa shape index (κ1) is 14.5. The maximum atomic E-state index is 9.39. The van der Waals surface area contributed by atoms with Gasteiger partial charge in [-0.3, -0.25) is 9.58 Å². The Morgan fingerprint density at radius 2 is 2.26 bits per heavy atom. The largest absolute Gasteiger partial charge is 0.393 e. The summed E-state index contributed by atoms with van der Waals surface area (Å²) in [6, 6.07) is 0.315. The number of likely N-dealkylation sites (N-methyl/N-ethyl adjacent to an activating group) is 1. The Balaban J connectivity index is 2.04. The molecule has 0 spiro atoms. The van der Waals surface area contributed by atoms with Crippen LogP contribution in [-0.4, -0.2) is 45.5 Å². The van der Waals surface area contributed by atoms with Gasteiger partial charge in [-0.25, -0.2) is 0 Å². The maximum absolute atomic E-state index is 9.39. The Kier molecular flexibility index (Phi) is 4.60. The molecule has 1 heterocycles. The zero-order chi connectivity index (χ0) is 14.0. The van der Waals surface area contributed by atoms with Crippen LogP contribution in [0.5, 0.6) is 0 Å². The van der Waals surface area contributed by atoms with Crippen LogP contribution in [0.3, 0.4) is 0 Å². The van der Waals surface area contributed by atoms with Gasteiger partial charge in [-0.2, -0.15) is 5.10 Å². The molecular weight excluding hydrogens is 240 g/mol. The minimum absolute atomic E-state index is 0.0879. The van der Waals surface area contributed by atoms with Crippen LogP contribution in [0.4, 0.5) is 0 Å². The molecule has 1 aliphatic rings. The third-order valence-corrected chi connectivity index (χ3v) is 4.18. The van der Waals surface area contributed by atoms with Crippen molar-refractivity contribution in [2.75, 3.05) is 13.6 Å². The lowest BCUT2D eigenvalue weighted by Gasteiger charge is -2.39. The molecular formula is C14H26N4O. The molecule has 0 saturated heterocycles. The highest BCUT2D eigenvalue weighted by Gasteiger charge is 2.31. The second-order valence-electron chi connectivity index (χ2n) is 5.90. The molecule has 1 aromatic rings. The predicted molar refractivity (Wildman–Crippen MR) is 75.6 cm³/mol. The van der Waals surface area contributed by atoms with Crippen molar-refractivity contribution in [1.29, 1.82) is 0 Å². The minimum Gasteiger partial charge on any atom is -0.393 e. The smallest absolute Gasteiger partial charge is 0.0546 e. The fourth-order valence-corrected chi connectivity index (χ4v) is 3.02. The molecule has 1 aliphatic carbocycles. The molecule has 0 aromatic carbocycles. The molecule has 19 heavy (non-hydrogen) atoms. The van der Waals surface area contributed by atoms with Gasteiger partial charge in [-0.05, 0) is 32.2 Å². The molecule has 0 amide bonds. The minimum atomic E-state index is -0.0879. The van der Waals surface area contributed by atoms with Crippen LogP contribution in [0.15, 0.2) is 12.4 Å². The number of aliphatic hydroxyl groups is 1. The lowest BCUT2D eigenvalue weighted by Crippen LogP contribution is -2.43. The van der Waals surface area contributed by atoms with Gasteiger partial charge in [0.05, 0.1) is 18.3 Å². The van der Waals surface area contributed by atoms with Gasteiger partial charge >= 0.3 is 0 Å². The molecule has 1 aromatic heterocycles. The lowest BCUT2D eigenvalue weighted by atomic mass is 9.81. The van der Waals surface area contributed by atoms with Crippen molar-refractivity contribution in [2.24, 2.45) is 18.7 Å². The van der Waals surface area contributed by atoms with Crippen molar-refractivity contribution >= 4 is 0 Å². The topological polar surface area (TPSA) is 67.3 Å². The Bertz CT molecular complexity index is 400. The van der Waals surface area contributed by atoms with Crippen molar-refractivity contribution in [2.45, 2.75) is 44.4 Å². The summed E-state index contributed by atoms with van der Waals surface area (Å²) >= 11 is 0. The van der Waals surface area contributed by atoms with Crippen molar-refractivity contribution in [1.82, 2.24) is 14.7 Å². The third-order valence-electron chi connectivity index (χ3n) is 4.18. The number of hydrogen-bond donors (Lipinski definition) is 2. The first-order valence-electron chi connectivity index (χ1n) is 7.13. The number of nitrogens with two attached hydrogens (primary N) is 1. The molecule has 3 N–H and O–H groups in total. The normalized spacial score (nSPS) is 26.2. The number of aromatic nitrogens is 2. The van der Waals surface area contributed by atoms with E-state index in [4.69, 9.17) is 5.73 Å². The van der Waals surface area contributed by atoms with Gasteiger partial charge in [-0.15, -0.1) is 0 Å². The van der Waals surface area contributed by atoms with Gasteiger partial charge < -0.3 is 10.8 Å². The van der Waals surface area contributed by atoms with E-state index in [1.807, 2.05) is 24.1 Å². The van der Waals surface area contributed by atoms with Crippen LogP contribution >= 0.6 is 0 Å². The Hall–Kier alpha value is -0.910. The summed E-state index contributed by atoms with van der Waals surface area (Å²) in [7, 11) is 4.05. The first-order chi connectivity index (χ1) is 9.01. The van der Waals surface area contributed by atoms with Crippen molar-refractivity contribution in [3.63, 3.8) is 0 Å². The second-order valence-corrected chi connectivity index (χ2v) is 5.90. The average Bonchev–Trinajstić information content (AvgIpc) is 2.73. The summed E-state index contributed by atoms with van der Waals surface area (Å²) in [5.74, 6) is 0.600. The summed E-state index contributed by atoms with van der Waals surface area (Å²) in [5.41, 5.74) is 7.47.